The third-order valence-corrected chi connectivity index (χ3v) is 2.12. The van der Waals surface area contributed by atoms with Gasteiger partial charge in [-0.25, -0.2) is 0 Å². The van der Waals surface area contributed by atoms with E-state index >= 15 is 0 Å². The van der Waals surface area contributed by atoms with Gasteiger partial charge in [0.25, 0.3) is 0 Å². The second kappa shape index (κ2) is 2.27. The summed E-state index contributed by atoms with van der Waals surface area (Å²) >= 11 is 0. The zero-order chi connectivity index (χ0) is 6.91. The molecule has 0 amide bonds. The molecule has 0 aromatic heterocycles. The molecule has 9 heavy (non-hydrogen) atoms. The van der Waals surface area contributed by atoms with E-state index in [4.69, 9.17) is 9.84 Å². The van der Waals surface area contributed by atoms with Gasteiger partial charge in [-0.1, -0.05) is 13.8 Å². The number of aliphatic hydroxyl groups is 1. The third-order valence-electron chi connectivity index (χ3n) is 2.12. The first kappa shape index (κ1) is 7.03. The summed E-state index contributed by atoms with van der Waals surface area (Å²) in [6.45, 7) is 6.02. The van der Waals surface area contributed by atoms with E-state index in [2.05, 4.69) is 13.8 Å². The predicted molar refractivity (Wildman–Crippen MR) is 35.2 cm³/mol. The summed E-state index contributed by atoms with van der Waals surface area (Å²) in [5, 5.41) is 8.82. The number of aliphatic hydroxyl groups excluding tert-OH is 1. The van der Waals surface area contributed by atoms with Gasteiger partial charge >= 0.3 is 0 Å². The lowest BCUT2D eigenvalue weighted by molar-refractivity contribution is 0.158. The Morgan fingerprint density at radius 3 is 2.56 bits per heavy atom. The minimum Gasteiger partial charge on any atom is -0.396 e. The van der Waals surface area contributed by atoms with Gasteiger partial charge in [-0.3, -0.25) is 0 Å². The van der Waals surface area contributed by atoms with Crippen LogP contribution < -0.4 is 0 Å². The highest BCUT2D eigenvalue weighted by Gasteiger charge is 2.34. The van der Waals surface area contributed by atoms with Crippen molar-refractivity contribution < 1.29 is 9.84 Å². The Kier molecular flexibility index (Phi) is 1.78. The maximum Gasteiger partial charge on any atom is 0.0522 e. The average Bonchev–Trinajstić information content (AvgIpc) is 2.08. The second-order valence-corrected chi connectivity index (χ2v) is 3.38. The van der Waals surface area contributed by atoms with Crippen LogP contribution >= 0.6 is 0 Å². The molecule has 2 nitrogen and oxygen atoms in total. The Hall–Kier alpha value is -0.0800. The molecule has 54 valence electrons. The summed E-state index contributed by atoms with van der Waals surface area (Å²) in [7, 11) is 0. The van der Waals surface area contributed by atoms with Gasteiger partial charge in [0.05, 0.1) is 13.2 Å². The maximum atomic E-state index is 8.82. The highest BCUT2D eigenvalue weighted by Crippen LogP contribution is 2.32. The minimum absolute atomic E-state index is 0.189. The van der Waals surface area contributed by atoms with Gasteiger partial charge in [0, 0.05) is 12.5 Å². The number of hydrogen-bond acceptors (Lipinski definition) is 2. The van der Waals surface area contributed by atoms with Crippen LogP contribution in [-0.4, -0.2) is 24.9 Å². The first-order valence-electron chi connectivity index (χ1n) is 3.35. The molecule has 0 unspecified atom stereocenters. The van der Waals surface area contributed by atoms with Crippen molar-refractivity contribution in [2.75, 3.05) is 19.8 Å². The lowest BCUT2D eigenvalue weighted by atomic mass is 9.83. The summed E-state index contributed by atoms with van der Waals surface area (Å²) in [6, 6.07) is 0. The summed E-state index contributed by atoms with van der Waals surface area (Å²) in [4.78, 5) is 0. The molecule has 1 aliphatic rings. The second-order valence-electron chi connectivity index (χ2n) is 3.38. The van der Waals surface area contributed by atoms with Crippen LogP contribution in [0.5, 0.6) is 0 Å². The van der Waals surface area contributed by atoms with Gasteiger partial charge in [-0.2, -0.15) is 0 Å². The van der Waals surface area contributed by atoms with Crippen LogP contribution in [-0.2, 0) is 4.74 Å². The molecule has 2 heteroatoms. The van der Waals surface area contributed by atoms with Gasteiger partial charge in [0.2, 0.25) is 0 Å². The minimum atomic E-state index is 0.189. The molecule has 1 aliphatic heterocycles. The smallest absolute Gasteiger partial charge is 0.0522 e. The monoisotopic (exact) mass is 130 g/mol. The standard InChI is InChI=1S/C7H14O2/c1-7(2)5-9-4-6(7)3-8/h6,8H,3-5H2,1-2H3/t6-/m0/s1. The first-order chi connectivity index (χ1) is 4.17. The Bertz CT molecular complexity index is 99.1. The number of hydrogen-bond donors (Lipinski definition) is 1. The van der Waals surface area contributed by atoms with Crippen LogP contribution in [0.25, 0.3) is 0 Å². The fourth-order valence-electron chi connectivity index (χ4n) is 1.11. The summed E-state index contributed by atoms with van der Waals surface area (Å²) in [6.07, 6.45) is 0. The lowest BCUT2D eigenvalue weighted by Gasteiger charge is -2.21. The van der Waals surface area contributed by atoms with Crippen LogP contribution in [0.1, 0.15) is 13.8 Å². The molecule has 0 aromatic rings. The average molecular weight is 130 g/mol. The largest absolute Gasteiger partial charge is 0.396 e. The molecule has 0 aromatic carbocycles. The highest BCUT2D eigenvalue weighted by molar-refractivity contribution is 4.82. The van der Waals surface area contributed by atoms with E-state index in [1.54, 1.807) is 0 Å². The fourth-order valence-corrected chi connectivity index (χ4v) is 1.11. The van der Waals surface area contributed by atoms with Gasteiger partial charge in [0.1, 0.15) is 0 Å². The van der Waals surface area contributed by atoms with Gasteiger partial charge in [-0.15, -0.1) is 0 Å². The van der Waals surface area contributed by atoms with Crippen molar-refractivity contribution in [2.24, 2.45) is 11.3 Å². The zero-order valence-corrected chi connectivity index (χ0v) is 6.05. The number of ether oxygens (including phenoxy) is 1. The molecule has 1 rings (SSSR count). The molecule has 0 aliphatic carbocycles. The van der Waals surface area contributed by atoms with Crippen molar-refractivity contribution in [3.05, 3.63) is 0 Å². The topological polar surface area (TPSA) is 29.5 Å². The van der Waals surface area contributed by atoms with Gasteiger partial charge in [-0.05, 0) is 5.41 Å². The molecule has 1 fully saturated rings. The predicted octanol–water partition coefficient (Wildman–Crippen LogP) is 0.651. The van der Waals surface area contributed by atoms with Crippen LogP contribution in [0.3, 0.4) is 0 Å². The Morgan fingerprint density at radius 2 is 2.33 bits per heavy atom. The molecule has 1 heterocycles. The molecule has 1 saturated heterocycles. The molecule has 1 N–H and O–H groups in total. The summed E-state index contributed by atoms with van der Waals surface area (Å²) in [5.41, 5.74) is 0.189. The maximum absolute atomic E-state index is 8.82. The van der Waals surface area contributed by atoms with E-state index in [0.29, 0.717) is 5.92 Å². The van der Waals surface area contributed by atoms with Crippen LogP contribution in [0, 0.1) is 11.3 Å². The molecule has 0 spiro atoms. The van der Waals surface area contributed by atoms with Crippen molar-refractivity contribution in [3.8, 4) is 0 Å². The lowest BCUT2D eigenvalue weighted by Crippen LogP contribution is -2.24. The van der Waals surface area contributed by atoms with Crippen LogP contribution in [0.15, 0.2) is 0 Å². The van der Waals surface area contributed by atoms with Crippen LogP contribution in [0.2, 0.25) is 0 Å². The number of rotatable bonds is 1. The van der Waals surface area contributed by atoms with Crippen molar-refractivity contribution in [1.82, 2.24) is 0 Å². The SMILES string of the molecule is CC1(C)COC[C@@H]1CO. The fraction of sp³-hybridized carbons (Fsp3) is 1.00. The molecular weight excluding hydrogens is 116 g/mol. The molecule has 0 bridgehead atoms. The first-order valence-corrected chi connectivity index (χ1v) is 3.35. The Balaban J connectivity index is 2.52. The normalized spacial score (nSPS) is 33.0. The molecule has 0 saturated carbocycles. The van der Waals surface area contributed by atoms with E-state index < -0.39 is 0 Å². The Labute approximate surface area is 55.8 Å². The van der Waals surface area contributed by atoms with Crippen molar-refractivity contribution in [2.45, 2.75) is 13.8 Å². The molecule has 0 radical (unpaired) electrons. The van der Waals surface area contributed by atoms with Gasteiger partial charge < -0.3 is 9.84 Å². The van der Waals surface area contributed by atoms with Crippen molar-refractivity contribution >= 4 is 0 Å². The van der Waals surface area contributed by atoms with Crippen molar-refractivity contribution in [1.29, 1.82) is 0 Å². The Morgan fingerprint density at radius 1 is 1.67 bits per heavy atom. The molecular formula is C7H14O2. The summed E-state index contributed by atoms with van der Waals surface area (Å²) in [5.74, 6) is 0.345. The van der Waals surface area contributed by atoms with Crippen LogP contribution in [0.4, 0.5) is 0 Å². The summed E-state index contributed by atoms with van der Waals surface area (Å²) < 4.78 is 5.20. The van der Waals surface area contributed by atoms with E-state index in [-0.39, 0.29) is 12.0 Å². The van der Waals surface area contributed by atoms with E-state index in [0.717, 1.165) is 13.2 Å². The van der Waals surface area contributed by atoms with E-state index in [1.807, 2.05) is 0 Å². The van der Waals surface area contributed by atoms with Crippen molar-refractivity contribution in [3.63, 3.8) is 0 Å². The van der Waals surface area contributed by atoms with E-state index in [9.17, 15) is 0 Å². The zero-order valence-electron chi connectivity index (χ0n) is 6.05. The quantitative estimate of drug-likeness (QED) is 0.564. The molecule has 1 atom stereocenters. The van der Waals surface area contributed by atoms with E-state index in [1.165, 1.54) is 0 Å². The highest BCUT2D eigenvalue weighted by atomic mass is 16.5. The third kappa shape index (κ3) is 1.25. The van der Waals surface area contributed by atoms with Gasteiger partial charge in [0.15, 0.2) is 0 Å².